The molecule has 0 bridgehead atoms. The van der Waals surface area contributed by atoms with E-state index in [2.05, 4.69) is 37.9 Å². The maximum Gasteiger partial charge on any atom is 0.0407 e. The maximum atomic E-state index is 5.86. The van der Waals surface area contributed by atoms with E-state index in [-0.39, 0.29) is 0 Å². The fraction of sp³-hybridized carbons (Fsp3) is 0.571. The van der Waals surface area contributed by atoms with Gasteiger partial charge in [0.2, 0.25) is 0 Å². The van der Waals surface area contributed by atoms with Gasteiger partial charge in [0.25, 0.3) is 0 Å². The summed E-state index contributed by atoms with van der Waals surface area (Å²) in [7, 11) is 2.14. The average molecular weight is 240 g/mol. The number of rotatable bonds is 6. The molecule has 0 spiro atoms. The van der Waals surface area contributed by atoms with E-state index in [1.807, 2.05) is 12.1 Å². The zero-order chi connectivity index (χ0) is 12.0. The van der Waals surface area contributed by atoms with E-state index in [1.54, 1.807) is 0 Å². The highest BCUT2D eigenvalue weighted by Gasteiger charge is 2.01. The number of anilines is 1. The van der Waals surface area contributed by atoms with Crippen molar-refractivity contribution in [3.8, 4) is 0 Å². The van der Waals surface area contributed by atoms with E-state index < -0.39 is 0 Å². The molecule has 90 valence electrons. The van der Waals surface area contributed by atoms with Crippen molar-refractivity contribution in [1.29, 1.82) is 0 Å². The molecule has 1 rings (SSSR count). The lowest BCUT2D eigenvalue weighted by Gasteiger charge is -2.19. The van der Waals surface area contributed by atoms with Crippen LogP contribution in [0.5, 0.6) is 0 Å². The summed E-state index contributed by atoms with van der Waals surface area (Å²) in [6, 6.07) is 8.04. The van der Waals surface area contributed by atoms with Gasteiger partial charge in [0.1, 0.15) is 0 Å². The molecule has 1 aromatic carbocycles. The van der Waals surface area contributed by atoms with Gasteiger partial charge < -0.3 is 4.90 Å². The topological polar surface area (TPSA) is 3.24 Å². The van der Waals surface area contributed by atoms with Gasteiger partial charge in [-0.25, -0.2) is 0 Å². The Bertz CT molecular complexity index is 292. The third-order valence-electron chi connectivity index (χ3n) is 2.79. The van der Waals surface area contributed by atoms with Gasteiger partial charge in [-0.2, -0.15) is 0 Å². The second kappa shape index (κ2) is 6.80. The first kappa shape index (κ1) is 13.4. The highest BCUT2D eigenvalue weighted by molar-refractivity contribution is 6.30. The van der Waals surface area contributed by atoms with Gasteiger partial charge in [-0.3, -0.25) is 0 Å². The molecule has 16 heavy (non-hydrogen) atoms. The molecule has 0 saturated carbocycles. The van der Waals surface area contributed by atoms with Gasteiger partial charge in [0, 0.05) is 24.3 Å². The largest absolute Gasteiger partial charge is 0.375 e. The van der Waals surface area contributed by atoms with Gasteiger partial charge in [-0.1, -0.05) is 38.3 Å². The molecule has 1 nitrogen and oxygen atoms in total. The van der Waals surface area contributed by atoms with Crippen molar-refractivity contribution in [3.05, 3.63) is 29.3 Å². The first-order valence-corrected chi connectivity index (χ1v) is 6.44. The molecule has 0 aliphatic carbocycles. The van der Waals surface area contributed by atoms with E-state index in [1.165, 1.54) is 24.9 Å². The summed E-state index contributed by atoms with van der Waals surface area (Å²) in [5, 5.41) is 0.803. The summed E-state index contributed by atoms with van der Waals surface area (Å²) in [5.41, 5.74) is 1.24. The zero-order valence-corrected chi connectivity index (χ0v) is 11.3. The number of nitrogens with zero attached hydrogens (tertiary/aromatic N) is 1. The standard InChI is InChI=1S/C14H22ClN/c1-12(2)6-4-5-11-16(3)14-9-7-13(15)8-10-14/h7-10,12H,4-6,11H2,1-3H3. The van der Waals surface area contributed by atoms with E-state index in [4.69, 9.17) is 11.6 Å². The van der Waals surface area contributed by atoms with Crippen LogP contribution in [0, 0.1) is 5.92 Å². The summed E-state index contributed by atoms with van der Waals surface area (Å²) in [6.45, 7) is 5.68. The number of hydrogen-bond acceptors (Lipinski definition) is 1. The Morgan fingerprint density at radius 3 is 2.31 bits per heavy atom. The second-order valence-electron chi connectivity index (χ2n) is 4.79. The van der Waals surface area contributed by atoms with Crippen LogP contribution in [0.2, 0.25) is 5.02 Å². The van der Waals surface area contributed by atoms with Gasteiger partial charge in [0.05, 0.1) is 0 Å². The number of unbranched alkanes of at least 4 members (excludes halogenated alkanes) is 1. The molecular formula is C14H22ClN. The molecule has 0 unspecified atom stereocenters. The molecule has 0 fully saturated rings. The molecule has 0 aliphatic heterocycles. The molecule has 2 heteroatoms. The quantitative estimate of drug-likeness (QED) is 0.656. The third kappa shape index (κ3) is 4.89. The predicted octanol–water partition coefficient (Wildman–Crippen LogP) is 4.60. The summed E-state index contributed by atoms with van der Waals surface area (Å²) in [4.78, 5) is 2.29. The molecule has 0 atom stereocenters. The van der Waals surface area contributed by atoms with Crippen molar-refractivity contribution in [1.82, 2.24) is 0 Å². The number of halogens is 1. The van der Waals surface area contributed by atoms with Crippen molar-refractivity contribution >= 4 is 17.3 Å². The number of hydrogen-bond donors (Lipinski definition) is 0. The van der Waals surface area contributed by atoms with Gasteiger partial charge in [-0.05, 0) is 36.6 Å². The van der Waals surface area contributed by atoms with Crippen LogP contribution >= 0.6 is 11.6 Å². The Labute approximate surface area is 104 Å². The van der Waals surface area contributed by atoms with Crippen LogP contribution in [0.1, 0.15) is 33.1 Å². The molecule has 0 radical (unpaired) electrons. The van der Waals surface area contributed by atoms with E-state index >= 15 is 0 Å². The minimum absolute atomic E-state index is 0.803. The fourth-order valence-electron chi connectivity index (χ4n) is 1.73. The first-order valence-electron chi connectivity index (χ1n) is 6.06. The number of benzene rings is 1. The lowest BCUT2D eigenvalue weighted by Crippen LogP contribution is -2.18. The molecule has 0 N–H and O–H groups in total. The molecule has 0 amide bonds. The maximum absolute atomic E-state index is 5.86. The highest BCUT2D eigenvalue weighted by Crippen LogP contribution is 2.17. The van der Waals surface area contributed by atoms with E-state index in [9.17, 15) is 0 Å². The molecule has 0 aliphatic rings. The van der Waals surface area contributed by atoms with Crippen molar-refractivity contribution in [2.75, 3.05) is 18.5 Å². The summed E-state index contributed by atoms with van der Waals surface area (Å²) in [6.07, 6.45) is 3.90. The van der Waals surface area contributed by atoms with E-state index in [0.717, 1.165) is 17.5 Å². The molecular weight excluding hydrogens is 218 g/mol. The first-order chi connectivity index (χ1) is 7.59. The second-order valence-corrected chi connectivity index (χ2v) is 5.22. The van der Waals surface area contributed by atoms with Crippen LogP contribution in [0.15, 0.2) is 24.3 Å². The SMILES string of the molecule is CC(C)CCCCN(C)c1ccc(Cl)cc1. The van der Waals surface area contributed by atoms with Crippen LogP contribution in [-0.4, -0.2) is 13.6 Å². The van der Waals surface area contributed by atoms with Crippen molar-refractivity contribution in [2.45, 2.75) is 33.1 Å². The zero-order valence-electron chi connectivity index (χ0n) is 10.5. The Balaban J connectivity index is 2.29. The van der Waals surface area contributed by atoms with Crippen LogP contribution in [0.4, 0.5) is 5.69 Å². The van der Waals surface area contributed by atoms with Crippen LogP contribution in [0.25, 0.3) is 0 Å². The van der Waals surface area contributed by atoms with Crippen LogP contribution in [-0.2, 0) is 0 Å². The van der Waals surface area contributed by atoms with Gasteiger partial charge in [0.15, 0.2) is 0 Å². The summed E-state index contributed by atoms with van der Waals surface area (Å²) >= 11 is 5.86. The monoisotopic (exact) mass is 239 g/mol. The van der Waals surface area contributed by atoms with Crippen LogP contribution < -0.4 is 4.90 Å². The average Bonchev–Trinajstić information content (AvgIpc) is 2.25. The van der Waals surface area contributed by atoms with Gasteiger partial charge >= 0.3 is 0 Å². The minimum atomic E-state index is 0.803. The van der Waals surface area contributed by atoms with Crippen molar-refractivity contribution in [2.24, 2.45) is 5.92 Å². The molecule has 1 aromatic rings. The highest BCUT2D eigenvalue weighted by atomic mass is 35.5. The minimum Gasteiger partial charge on any atom is -0.375 e. The van der Waals surface area contributed by atoms with Crippen LogP contribution in [0.3, 0.4) is 0 Å². The molecule has 0 heterocycles. The Morgan fingerprint density at radius 1 is 1.12 bits per heavy atom. The van der Waals surface area contributed by atoms with Gasteiger partial charge in [-0.15, -0.1) is 0 Å². The Kier molecular flexibility index (Phi) is 5.68. The molecule has 0 saturated heterocycles. The molecule has 0 aromatic heterocycles. The predicted molar refractivity (Wildman–Crippen MR) is 73.4 cm³/mol. The lowest BCUT2D eigenvalue weighted by molar-refractivity contribution is 0.538. The van der Waals surface area contributed by atoms with Crippen molar-refractivity contribution < 1.29 is 0 Å². The normalized spacial score (nSPS) is 10.8. The smallest absolute Gasteiger partial charge is 0.0407 e. The van der Waals surface area contributed by atoms with E-state index in [0.29, 0.717) is 0 Å². The summed E-state index contributed by atoms with van der Waals surface area (Å²) < 4.78 is 0. The Morgan fingerprint density at radius 2 is 1.75 bits per heavy atom. The summed E-state index contributed by atoms with van der Waals surface area (Å²) in [5.74, 6) is 0.820. The third-order valence-corrected chi connectivity index (χ3v) is 3.04. The Hall–Kier alpha value is -0.690. The fourth-order valence-corrected chi connectivity index (χ4v) is 1.85. The van der Waals surface area contributed by atoms with Crippen molar-refractivity contribution in [3.63, 3.8) is 0 Å². The lowest BCUT2D eigenvalue weighted by atomic mass is 10.1.